The normalized spacial score (nSPS) is 11.3. The molecule has 0 bridgehead atoms. The Labute approximate surface area is 183 Å². The van der Waals surface area contributed by atoms with Crippen LogP contribution in [0.1, 0.15) is 15.9 Å². The summed E-state index contributed by atoms with van der Waals surface area (Å²) in [7, 11) is 0. The van der Waals surface area contributed by atoms with Crippen LogP contribution in [0.2, 0.25) is 5.02 Å². The molecule has 0 saturated heterocycles. The van der Waals surface area contributed by atoms with Gasteiger partial charge >= 0.3 is 0 Å². The summed E-state index contributed by atoms with van der Waals surface area (Å²) in [4.78, 5) is 12.1. The van der Waals surface area contributed by atoms with E-state index in [0.29, 0.717) is 21.5 Å². The smallest absolute Gasteiger partial charge is 0.249 e. The van der Waals surface area contributed by atoms with Crippen LogP contribution in [-0.4, -0.2) is 10.5 Å². The van der Waals surface area contributed by atoms with Gasteiger partial charge in [-0.3, -0.25) is 4.79 Å². The van der Waals surface area contributed by atoms with E-state index in [0.717, 1.165) is 27.5 Å². The van der Waals surface area contributed by atoms with Crippen LogP contribution >= 0.6 is 11.6 Å². The molecular formula is C26H17ClFN2O. The predicted octanol–water partition coefficient (Wildman–Crippen LogP) is 6.20. The minimum atomic E-state index is -0.519. The van der Waals surface area contributed by atoms with E-state index in [-0.39, 0.29) is 12.4 Å². The lowest BCUT2D eigenvalue weighted by atomic mass is 10.0. The van der Waals surface area contributed by atoms with E-state index in [4.69, 9.17) is 17.3 Å². The highest BCUT2D eigenvalue weighted by Gasteiger charge is 2.19. The summed E-state index contributed by atoms with van der Waals surface area (Å²) < 4.78 is 16.6. The minimum Gasteiger partial charge on any atom is -0.366 e. The Bertz CT molecular complexity index is 1440. The van der Waals surface area contributed by atoms with E-state index in [1.807, 2.05) is 53.1 Å². The van der Waals surface area contributed by atoms with Crippen LogP contribution in [0.5, 0.6) is 0 Å². The lowest BCUT2D eigenvalue weighted by Crippen LogP contribution is -2.11. The molecule has 0 fully saturated rings. The third-order valence-electron chi connectivity index (χ3n) is 5.54. The summed E-state index contributed by atoms with van der Waals surface area (Å²) in [6.45, 7) is 0.208. The minimum absolute atomic E-state index is 0.208. The third-order valence-corrected chi connectivity index (χ3v) is 5.90. The molecule has 1 heterocycles. The van der Waals surface area contributed by atoms with Crippen LogP contribution in [-0.2, 0) is 6.54 Å². The molecule has 1 amide bonds. The zero-order chi connectivity index (χ0) is 21.5. The van der Waals surface area contributed by atoms with Gasteiger partial charge in [0.05, 0.1) is 17.6 Å². The molecule has 4 aromatic carbocycles. The summed E-state index contributed by atoms with van der Waals surface area (Å²) in [6, 6.07) is 27.2. The van der Waals surface area contributed by atoms with Crippen LogP contribution in [0.3, 0.4) is 0 Å². The second kappa shape index (κ2) is 7.56. The monoisotopic (exact) mass is 427 g/mol. The molecular weight excluding hydrogens is 411 g/mol. The van der Waals surface area contributed by atoms with Crippen LogP contribution in [0.4, 0.5) is 4.39 Å². The number of aromatic nitrogens is 1. The summed E-state index contributed by atoms with van der Waals surface area (Å²) >= 11 is 6.32. The van der Waals surface area contributed by atoms with Gasteiger partial charge in [-0.25, -0.2) is 4.39 Å². The van der Waals surface area contributed by atoms with Gasteiger partial charge in [0, 0.05) is 26.9 Å². The lowest BCUT2D eigenvalue weighted by molar-refractivity contribution is 0.100. The zero-order valence-electron chi connectivity index (χ0n) is 16.4. The van der Waals surface area contributed by atoms with E-state index < -0.39 is 5.91 Å². The van der Waals surface area contributed by atoms with Gasteiger partial charge in [0.25, 0.3) is 0 Å². The predicted molar refractivity (Wildman–Crippen MR) is 123 cm³/mol. The Balaban J connectivity index is 1.84. The van der Waals surface area contributed by atoms with E-state index in [9.17, 15) is 9.18 Å². The molecule has 1 radical (unpaired) electrons. The number of nitrogens with zero attached hydrogens (tertiary/aromatic N) is 1. The Hall–Kier alpha value is -3.63. The van der Waals surface area contributed by atoms with Gasteiger partial charge in [-0.05, 0) is 53.6 Å². The molecule has 5 aromatic rings. The fourth-order valence-electron chi connectivity index (χ4n) is 4.07. The van der Waals surface area contributed by atoms with Crippen molar-refractivity contribution in [2.45, 2.75) is 6.54 Å². The first kappa shape index (κ1) is 19.3. The first-order valence-electron chi connectivity index (χ1n) is 9.79. The first-order valence-corrected chi connectivity index (χ1v) is 10.2. The van der Waals surface area contributed by atoms with Crippen LogP contribution in [0.15, 0.2) is 78.9 Å². The maximum atomic E-state index is 14.6. The number of nitrogens with two attached hydrogens (primary N) is 1. The van der Waals surface area contributed by atoms with Gasteiger partial charge in [0.15, 0.2) is 0 Å². The third kappa shape index (κ3) is 3.25. The van der Waals surface area contributed by atoms with Gasteiger partial charge in [-0.2, -0.15) is 0 Å². The van der Waals surface area contributed by atoms with Crippen molar-refractivity contribution in [3.63, 3.8) is 0 Å². The SMILES string of the molecule is NC(=O)c1cccc2c1c1[c]cc(-c3ccccc3)cc1n2Cc1c(F)cccc1Cl. The molecule has 0 unspecified atom stereocenters. The van der Waals surface area contributed by atoms with Crippen molar-refractivity contribution in [1.82, 2.24) is 4.57 Å². The molecule has 0 spiro atoms. The largest absolute Gasteiger partial charge is 0.366 e. The maximum Gasteiger partial charge on any atom is 0.249 e. The number of halogens is 2. The van der Waals surface area contributed by atoms with Crippen molar-refractivity contribution in [2.75, 3.05) is 0 Å². The molecule has 0 saturated carbocycles. The van der Waals surface area contributed by atoms with Crippen molar-refractivity contribution in [1.29, 1.82) is 0 Å². The van der Waals surface area contributed by atoms with E-state index in [2.05, 4.69) is 6.07 Å². The van der Waals surface area contributed by atoms with E-state index in [1.165, 1.54) is 6.07 Å². The van der Waals surface area contributed by atoms with Crippen LogP contribution < -0.4 is 5.73 Å². The van der Waals surface area contributed by atoms with Crippen LogP contribution in [0.25, 0.3) is 32.9 Å². The highest BCUT2D eigenvalue weighted by Crippen LogP contribution is 2.35. The lowest BCUT2D eigenvalue weighted by Gasteiger charge is -2.11. The molecule has 1 aromatic heterocycles. The van der Waals surface area contributed by atoms with Crippen molar-refractivity contribution in [3.05, 3.63) is 107 Å². The second-order valence-corrected chi connectivity index (χ2v) is 7.77. The summed E-state index contributed by atoms with van der Waals surface area (Å²) in [5.41, 5.74) is 10.1. The van der Waals surface area contributed by atoms with Gasteiger partial charge in [-0.1, -0.05) is 54.1 Å². The van der Waals surface area contributed by atoms with Crippen molar-refractivity contribution in [3.8, 4) is 11.1 Å². The molecule has 0 aliphatic carbocycles. The summed E-state index contributed by atoms with van der Waals surface area (Å²) in [6.07, 6.45) is 0. The molecule has 0 aliphatic rings. The Morgan fingerprint density at radius 3 is 2.48 bits per heavy atom. The summed E-state index contributed by atoms with van der Waals surface area (Å²) in [5.74, 6) is -0.897. The molecule has 31 heavy (non-hydrogen) atoms. The molecule has 0 aliphatic heterocycles. The number of hydrogen-bond acceptors (Lipinski definition) is 1. The van der Waals surface area contributed by atoms with Gasteiger partial charge in [0.1, 0.15) is 5.82 Å². The number of fused-ring (bicyclic) bond motifs is 3. The Morgan fingerprint density at radius 2 is 1.74 bits per heavy atom. The quantitative estimate of drug-likeness (QED) is 0.364. The number of amides is 1. The maximum absolute atomic E-state index is 14.6. The van der Waals surface area contributed by atoms with Crippen LogP contribution in [0, 0.1) is 11.9 Å². The van der Waals surface area contributed by atoms with E-state index in [1.54, 1.807) is 24.3 Å². The highest BCUT2D eigenvalue weighted by atomic mass is 35.5. The summed E-state index contributed by atoms with van der Waals surface area (Å²) in [5, 5.41) is 1.82. The topological polar surface area (TPSA) is 48.0 Å². The Kier molecular flexibility index (Phi) is 4.72. The van der Waals surface area contributed by atoms with Crippen molar-refractivity contribution >= 4 is 39.3 Å². The van der Waals surface area contributed by atoms with Crippen molar-refractivity contribution < 1.29 is 9.18 Å². The van der Waals surface area contributed by atoms with Crippen molar-refractivity contribution in [2.24, 2.45) is 5.73 Å². The molecule has 0 atom stereocenters. The average molecular weight is 428 g/mol. The number of primary amides is 1. The Morgan fingerprint density at radius 1 is 0.968 bits per heavy atom. The van der Waals surface area contributed by atoms with Gasteiger partial charge in [0.2, 0.25) is 5.91 Å². The van der Waals surface area contributed by atoms with Gasteiger partial charge < -0.3 is 10.3 Å². The number of rotatable bonds is 4. The fourth-order valence-corrected chi connectivity index (χ4v) is 4.29. The zero-order valence-corrected chi connectivity index (χ0v) is 17.2. The molecule has 5 heteroatoms. The first-order chi connectivity index (χ1) is 15.0. The number of carbonyl (C=O) groups excluding carboxylic acids is 1. The number of hydrogen-bond donors (Lipinski definition) is 1. The number of carbonyl (C=O) groups is 1. The van der Waals surface area contributed by atoms with Gasteiger partial charge in [-0.15, -0.1) is 0 Å². The highest BCUT2D eigenvalue weighted by molar-refractivity contribution is 6.31. The fraction of sp³-hybridized carbons (Fsp3) is 0.0385. The molecule has 151 valence electrons. The molecule has 5 rings (SSSR count). The molecule has 2 N–H and O–H groups in total. The average Bonchev–Trinajstić information content (AvgIpc) is 3.10. The second-order valence-electron chi connectivity index (χ2n) is 7.36. The number of benzene rings is 4. The van der Waals surface area contributed by atoms with E-state index >= 15 is 0 Å². The molecule has 3 nitrogen and oxygen atoms in total. The standard InChI is InChI=1S/C26H17ClFN2O/c27-21-9-5-10-22(28)20(21)15-30-23-11-4-8-19(26(29)31)25(23)18-13-12-17(14-24(18)30)16-6-2-1-3-7-16/h1-12,14H,15H2,(H2,29,31).